The topological polar surface area (TPSA) is 54.5 Å². The molecule has 3 heterocycles. The lowest BCUT2D eigenvalue weighted by Gasteiger charge is -2.34. The fourth-order valence-corrected chi connectivity index (χ4v) is 5.53. The molecule has 29 heavy (non-hydrogen) atoms. The van der Waals surface area contributed by atoms with Crippen LogP contribution in [-0.4, -0.2) is 37.1 Å². The lowest BCUT2D eigenvalue weighted by Crippen LogP contribution is -2.44. The Bertz CT molecular complexity index is 992. The van der Waals surface area contributed by atoms with Crippen molar-refractivity contribution >= 4 is 45.9 Å². The number of amides is 1. The Balaban J connectivity index is 1.35. The van der Waals surface area contributed by atoms with Gasteiger partial charge in [-0.05, 0) is 56.2 Å². The van der Waals surface area contributed by atoms with Crippen LogP contribution in [0.1, 0.15) is 28.2 Å². The van der Waals surface area contributed by atoms with Crippen LogP contribution in [0.4, 0.5) is 5.69 Å². The number of carbonyl (C=O) groups is 1. The second-order valence-corrected chi connectivity index (χ2v) is 9.68. The van der Waals surface area contributed by atoms with Gasteiger partial charge in [0.15, 0.2) is 0 Å². The van der Waals surface area contributed by atoms with E-state index in [1.807, 2.05) is 31.2 Å². The first-order valence-electron chi connectivity index (χ1n) is 9.46. The van der Waals surface area contributed by atoms with Crippen molar-refractivity contribution in [3.63, 3.8) is 0 Å². The molecule has 8 heteroatoms. The van der Waals surface area contributed by atoms with Gasteiger partial charge in [0.1, 0.15) is 15.6 Å². The number of hydrogen-bond acceptors (Lipinski definition) is 6. The normalized spacial score (nSPS) is 14.8. The second-order valence-electron chi connectivity index (χ2n) is 6.97. The number of carbonyl (C=O) groups excluding carboxylic acids is 1. The van der Waals surface area contributed by atoms with Crippen molar-refractivity contribution in [2.75, 3.05) is 25.1 Å². The van der Waals surface area contributed by atoms with Crippen molar-refractivity contribution in [1.29, 1.82) is 0 Å². The average Bonchev–Trinajstić information content (AvgIpc) is 3.34. The molecule has 2 aromatic heterocycles. The van der Waals surface area contributed by atoms with Gasteiger partial charge in [0.2, 0.25) is 0 Å². The molecule has 0 saturated carbocycles. The SMILES string of the molecule is COc1ccc(N2CCC(NC(=O)c3sc(-c4ccc(Cl)s4)nc3C)CC2)cc1. The molecule has 0 unspecified atom stereocenters. The Morgan fingerprint density at radius 1 is 1.17 bits per heavy atom. The number of ether oxygens (including phenoxy) is 1. The summed E-state index contributed by atoms with van der Waals surface area (Å²) in [5.74, 6) is 0.830. The van der Waals surface area contributed by atoms with E-state index in [1.54, 1.807) is 7.11 Å². The van der Waals surface area contributed by atoms with Crippen LogP contribution in [0, 0.1) is 6.92 Å². The molecule has 3 aromatic rings. The molecule has 1 N–H and O–H groups in total. The molecule has 0 radical (unpaired) electrons. The molecular formula is C21H22ClN3O2S2. The summed E-state index contributed by atoms with van der Waals surface area (Å²) in [5.41, 5.74) is 1.95. The van der Waals surface area contributed by atoms with Crippen LogP contribution in [0.2, 0.25) is 4.34 Å². The number of methoxy groups -OCH3 is 1. The standard InChI is InChI=1S/C21H22ClN3O2S2/c1-13-19(29-21(23-13)17-7-8-18(22)28-17)20(26)24-14-9-11-25(12-10-14)15-3-5-16(27-2)6-4-15/h3-8,14H,9-12H2,1-2H3,(H,24,26). The number of halogens is 1. The molecule has 1 aromatic carbocycles. The predicted octanol–water partition coefficient (Wildman–Crippen LogP) is 5.24. The first-order chi connectivity index (χ1) is 14.0. The zero-order valence-corrected chi connectivity index (χ0v) is 18.7. The molecule has 0 spiro atoms. The molecule has 0 aliphatic carbocycles. The van der Waals surface area contributed by atoms with Gasteiger partial charge in [-0.25, -0.2) is 4.98 Å². The third-order valence-corrected chi connectivity index (χ3v) is 7.61. The summed E-state index contributed by atoms with van der Waals surface area (Å²) in [6.45, 7) is 3.71. The molecular weight excluding hydrogens is 426 g/mol. The lowest BCUT2D eigenvalue weighted by molar-refractivity contribution is 0.0934. The van der Waals surface area contributed by atoms with Gasteiger partial charge in [0.25, 0.3) is 5.91 Å². The number of aromatic nitrogens is 1. The summed E-state index contributed by atoms with van der Waals surface area (Å²) < 4.78 is 5.95. The van der Waals surface area contributed by atoms with Crippen molar-refractivity contribution in [2.24, 2.45) is 0 Å². The van der Waals surface area contributed by atoms with Crippen LogP contribution < -0.4 is 15.0 Å². The number of anilines is 1. The maximum atomic E-state index is 12.8. The van der Waals surface area contributed by atoms with E-state index in [0.717, 1.165) is 51.6 Å². The van der Waals surface area contributed by atoms with Crippen molar-refractivity contribution < 1.29 is 9.53 Å². The molecule has 1 aliphatic rings. The molecule has 4 rings (SSSR count). The Morgan fingerprint density at radius 2 is 1.90 bits per heavy atom. The van der Waals surface area contributed by atoms with E-state index in [9.17, 15) is 4.79 Å². The minimum atomic E-state index is -0.0307. The zero-order chi connectivity index (χ0) is 20.4. The van der Waals surface area contributed by atoms with Gasteiger partial charge < -0.3 is 15.0 Å². The van der Waals surface area contributed by atoms with Crippen LogP contribution in [0.5, 0.6) is 5.75 Å². The molecule has 1 amide bonds. The number of nitrogens with zero attached hydrogens (tertiary/aromatic N) is 2. The highest BCUT2D eigenvalue weighted by Gasteiger charge is 2.24. The highest BCUT2D eigenvalue weighted by molar-refractivity contribution is 7.24. The van der Waals surface area contributed by atoms with E-state index >= 15 is 0 Å². The lowest BCUT2D eigenvalue weighted by atomic mass is 10.0. The Morgan fingerprint density at radius 3 is 2.52 bits per heavy atom. The fourth-order valence-electron chi connectivity index (χ4n) is 3.47. The van der Waals surface area contributed by atoms with Gasteiger partial charge in [-0.15, -0.1) is 22.7 Å². The summed E-state index contributed by atoms with van der Waals surface area (Å²) >= 11 is 8.93. The Kier molecular flexibility index (Phi) is 6.08. The molecule has 0 atom stereocenters. The molecule has 152 valence electrons. The van der Waals surface area contributed by atoms with Crippen molar-refractivity contribution in [2.45, 2.75) is 25.8 Å². The van der Waals surface area contributed by atoms with Crippen molar-refractivity contribution in [3.05, 3.63) is 51.3 Å². The highest BCUT2D eigenvalue weighted by atomic mass is 35.5. The number of piperidine rings is 1. The minimum absolute atomic E-state index is 0.0307. The van der Waals surface area contributed by atoms with Crippen LogP contribution in [0.3, 0.4) is 0 Å². The number of aryl methyl sites for hydroxylation is 1. The van der Waals surface area contributed by atoms with Gasteiger partial charge in [-0.3, -0.25) is 4.79 Å². The number of benzene rings is 1. The zero-order valence-electron chi connectivity index (χ0n) is 16.3. The Labute approximate surface area is 183 Å². The molecule has 1 fully saturated rings. The average molecular weight is 448 g/mol. The minimum Gasteiger partial charge on any atom is -0.497 e. The second kappa shape index (κ2) is 8.73. The van der Waals surface area contributed by atoms with Crippen molar-refractivity contribution in [1.82, 2.24) is 10.3 Å². The number of nitrogens with one attached hydrogen (secondary N) is 1. The van der Waals surface area contributed by atoms with Crippen LogP contribution >= 0.6 is 34.3 Å². The first-order valence-corrected chi connectivity index (χ1v) is 11.5. The van der Waals surface area contributed by atoms with E-state index in [-0.39, 0.29) is 11.9 Å². The molecule has 0 bridgehead atoms. The number of rotatable bonds is 5. The van der Waals surface area contributed by atoms with E-state index in [0.29, 0.717) is 4.88 Å². The monoisotopic (exact) mass is 447 g/mol. The van der Waals surface area contributed by atoms with E-state index < -0.39 is 0 Å². The molecule has 1 saturated heterocycles. The van der Waals surface area contributed by atoms with Crippen LogP contribution in [-0.2, 0) is 0 Å². The predicted molar refractivity (Wildman–Crippen MR) is 121 cm³/mol. The van der Waals surface area contributed by atoms with Crippen LogP contribution in [0.15, 0.2) is 36.4 Å². The quantitative estimate of drug-likeness (QED) is 0.581. The fraction of sp³-hybridized carbons (Fsp3) is 0.333. The summed E-state index contributed by atoms with van der Waals surface area (Å²) in [7, 11) is 1.67. The van der Waals surface area contributed by atoms with Crippen molar-refractivity contribution in [3.8, 4) is 15.6 Å². The van der Waals surface area contributed by atoms with E-state index in [1.165, 1.54) is 28.4 Å². The third-order valence-electron chi connectivity index (χ3n) is 5.05. The maximum absolute atomic E-state index is 12.8. The smallest absolute Gasteiger partial charge is 0.263 e. The van der Waals surface area contributed by atoms with E-state index in [2.05, 4.69) is 27.3 Å². The van der Waals surface area contributed by atoms with Crippen LogP contribution in [0.25, 0.3) is 9.88 Å². The number of hydrogen-bond donors (Lipinski definition) is 1. The summed E-state index contributed by atoms with van der Waals surface area (Å²) in [5, 5.41) is 4.04. The van der Waals surface area contributed by atoms with Gasteiger partial charge in [-0.1, -0.05) is 11.6 Å². The summed E-state index contributed by atoms with van der Waals surface area (Å²) in [6.07, 6.45) is 1.84. The molecule has 5 nitrogen and oxygen atoms in total. The number of thiazole rings is 1. The highest BCUT2D eigenvalue weighted by Crippen LogP contribution is 2.35. The summed E-state index contributed by atoms with van der Waals surface area (Å²) in [6, 6.07) is 12.1. The number of thiophene rings is 1. The van der Waals surface area contributed by atoms with Gasteiger partial charge in [0, 0.05) is 24.8 Å². The maximum Gasteiger partial charge on any atom is 0.263 e. The van der Waals surface area contributed by atoms with E-state index in [4.69, 9.17) is 16.3 Å². The van der Waals surface area contributed by atoms with Gasteiger partial charge >= 0.3 is 0 Å². The molecule has 1 aliphatic heterocycles. The van der Waals surface area contributed by atoms with Gasteiger partial charge in [-0.2, -0.15) is 0 Å². The first kappa shape index (κ1) is 20.2. The Hall–Kier alpha value is -2.09. The third kappa shape index (κ3) is 4.57. The largest absolute Gasteiger partial charge is 0.497 e. The summed E-state index contributed by atoms with van der Waals surface area (Å²) in [4.78, 5) is 21.4. The van der Waals surface area contributed by atoms with Gasteiger partial charge in [0.05, 0.1) is 22.0 Å².